The maximum atomic E-state index is 5.55. The van der Waals surface area contributed by atoms with Crippen molar-refractivity contribution >= 4 is 0 Å². The summed E-state index contributed by atoms with van der Waals surface area (Å²) in [5.41, 5.74) is 10.8. The van der Waals surface area contributed by atoms with E-state index in [4.69, 9.17) is 11.5 Å². The van der Waals surface area contributed by atoms with Crippen molar-refractivity contribution in [2.75, 3.05) is 0 Å². The summed E-state index contributed by atoms with van der Waals surface area (Å²) in [5, 5.41) is 0. The Kier molecular flexibility index (Phi) is 1.78. The molecule has 0 aliphatic heterocycles. The van der Waals surface area contributed by atoms with Gasteiger partial charge in [-0.2, -0.15) is 0 Å². The minimum absolute atomic E-state index is 0.0764. The van der Waals surface area contributed by atoms with Crippen molar-refractivity contribution in [2.45, 2.75) is 32.4 Å². The number of rotatable bonds is 1. The summed E-state index contributed by atoms with van der Waals surface area (Å²) in [6.45, 7) is 5.73. The lowest BCUT2D eigenvalue weighted by Crippen LogP contribution is -2.48. The van der Waals surface area contributed by atoms with Crippen LogP contribution in [0.1, 0.15) is 20.8 Å². The molecule has 0 amide bonds. The van der Waals surface area contributed by atoms with Crippen LogP contribution in [-0.4, -0.2) is 11.6 Å². The fraction of sp³-hybridized carbons (Fsp3) is 1.00. The molecule has 1 atom stereocenters. The molecular weight excluding hydrogens is 88.1 g/mol. The van der Waals surface area contributed by atoms with E-state index in [0.717, 1.165) is 0 Å². The summed E-state index contributed by atoms with van der Waals surface area (Å²) >= 11 is 0. The second kappa shape index (κ2) is 1.80. The molecule has 7 heavy (non-hydrogen) atoms. The third-order valence-corrected chi connectivity index (χ3v) is 1.17. The molecule has 0 unspecified atom stereocenters. The Labute approximate surface area is 44.9 Å². The minimum atomic E-state index is -0.222. The maximum absolute atomic E-state index is 5.55. The molecular formula is C5H14N2. The zero-order chi connectivity index (χ0) is 6.08. The second-order valence-electron chi connectivity index (χ2n) is 2.61. The van der Waals surface area contributed by atoms with Gasteiger partial charge in [-0.15, -0.1) is 0 Å². The van der Waals surface area contributed by atoms with Crippen LogP contribution >= 0.6 is 0 Å². The molecule has 0 aromatic heterocycles. The molecule has 0 aromatic carbocycles. The Balaban J connectivity index is 3.54. The normalized spacial score (nSPS) is 16.7. The van der Waals surface area contributed by atoms with Gasteiger partial charge in [0.15, 0.2) is 0 Å². The van der Waals surface area contributed by atoms with Gasteiger partial charge in [-0.1, -0.05) is 0 Å². The molecule has 44 valence electrons. The van der Waals surface area contributed by atoms with Gasteiger partial charge >= 0.3 is 0 Å². The van der Waals surface area contributed by atoms with Crippen molar-refractivity contribution in [3.8, 4) is 0 Å². The van der Waals surface area contributed by atoms with Crippen molar-refractivity contribution < 1.29 is 0 Å². The fourth-order valence-electron chi connectivity index (χ4n) is 0. The lowest BCUT2D eigenvalue weighted by molar-refractivity contribution is 0.433. The first-order valence-corrected chi connectivity index (χ1v) is 2.49. The molecule has 0 rings (SSSR count). The Morgan fingerprint density at radius 3 is 1.57 bits per heavy atom. The number of hydrogen-bond donors (Lipinski definition) is 2. The van der Waals surface area contributed by atoms with E-state index >= 15 is 0 Å². The van der Waals surface area contributed by atoms with E-state index in [-0.39, 0.29) is 11.6 Å². The molecule has 0 saturated carbocycles. The Hall–Kier alpha value is -0.0800. The van der Waals surface area contributed by atoms with Crippen molar-refractivity contribution in [3.63, 3.8) is 0 Å². The molecule has 0 aromatic rings. The topological polar surface area (TPSA) is 52.0 Å². The van der Waals surface area contributed by atoms with E-state index in [1.807, 2.05) is 20.8 Å². The van der Waals surface area contributed by atoms with E-state index < -0.39 is 0 Å². The summed E-state index contributed by atoms with van der Waals surface area (Å²) in [5.74, 6) is 0. The minimum Gasteiger partial charge on any atom is -0.326 e. The van der Waals surface area contributed by atoms with Crippen LogP contribution in [0.25, 0.3) is 0 Å². The summed E-state index contributed by atoms with van der Waals surface area (Å²) in [6.07, 6.45) is 0. The highest BCUT2D eigenvalue weighted by Gasteiger charge is 2.14. The zero-order valence-corrected chi connectivity index (χ0v) is 5.23. The Bertz CT molecular complexity index is 51.6. The first-order chi connectivity index (χ1) is 2.94. The molecule has 4 N–H and O–H groups in total. The van der Waals surface area contributed by atoms with Gasteiger partial charge in [-0.05, 0) is 20.8 Å². The monoisotopic (exact) mass is 102 g/mol. The maximum Gasteiger partial charge on any atom is 0.0247 e. The van der Waals surface area contributed by atoms with Crippen molar-refractivity contribution in [2.24, 2.45) is 11.5 Å². The molecule has 0 fully saturated rings. The SMILES string of the molecule is C[C@H](N)C(C)(C)N. The van der Waals surface area contributed by atoms with Crippen LogP contribution in [0.2, 0.25) is 0 Å². The van der Waals surface area contributed by atoms with Crippen LogP contribution in [0.4, 0.5) is 0 Å². The largest absolute Gasteiger partial charge is 0.326 e. The molecule has 0 radical (unpaired) electrons. The molecule has 2 nitrogen and oxygen atoms in total. The third-order valence-electron chi connectivity index (χ3n) is 1.17. The molecule has 0 spiro atoms. The van der Waals surface area contributed by atoms with Gasteiger partial charge < -0.3 is 11.5 Å². The Morgan fingerprint density at radius 1 is 1.43 bits per heavy atom. The van der Waals surface area contributed by atoms with Gasteiger partial charge in [0, 0.05) is 11.6 Å². The highest BCUT2D eigenvalue weighted by molar-refractivity contribution is 4.80. The number of nitrogens with two attached hydrogens (primary N) is 2. The highest BCUT2D eigenvalue weighted by Crippen LogP contribution is 1.98. The van der Waals surface area contributed by atoms with Crippen LogP contribution in [0.3, 0.4) is 0 Å². The predicted octanol–water partition coefficient (Wildman–Crippen LogP) is 0.0709. The van der Waals surface area contributed by atoms with Crippen LogP contribution in [-0.2, 0) is 0 Å². The average Bonchev–Trinajstić information content (AvgIpc) is 1.31. The van der Waals surface area contributed by atoms with Crippen molar-refractivity contribution in [1.29, 1.82) is 0 Å². The van der Waals surface area contributed by atoms with E-state index in [1.165, 1.54) is 0 Å². The van der Waals surface area contributed by atoms with Crippen LogP contribution in [0, 0.1) is 0 Å². The zero-order valence-electron chi connectivity index (χ0n) is 5.23. The predicted molar refractivity (Wildman–Crippen MR) is 31.9 cm³/mol. The molecule has 2 heteroatoms. The molecule has 0 heterocycles. The summed E-state index contributed by atoms with van der Waals surface area (Å²) < 4.78 is 0. The van der Waals surface area contributed by atoms with Gasteiger partial charge in [-0.3, -0.25) is 0 Å². The van der Waals surface area contributed by atoms with Gasteiger partial charge in [-0.25, -0.2) is 0 Å². The van der Waals surface area contributed by atoms with Crippen molar-refractivity contribution in [3.05, 3.63) is 0 Å². The molecule has 0 aliphatic carbocycles. The smallest absolute Gasteiger partial charge is 0.0247 e. The van der Waals surface area contributed by atoms with Crippen LogP contribution in [0.15, 0.2) is 0 Å². The standard InChI is InChI=1S/C5H14N2/c1-4(6)5(2,3)7/h4H,6-7H2,1-3H3/t4-/m0/s1. The first kappa shape index (κ1) is 6.92. The summed E-state index contributed by atoms with van der Waals surface area (Å²) in [7, 11) is 0. The van der Waals surface area contributed by atoms with Gasteiger partial charge in [0.1, 0.15) is 0 Å². The number of hydrogen-bond acceptors (Lipinski definition) is 2. The van der Waals surface area contributed by atoms with Crippen molar-refractivity contribution in [1.82, 2.24) is 0 Å². The van der Waals surface area contributed by atoms with Gasteiger partial charge in [0.2, 0.25) is 0 Å². The summed E-state index contributed by atoms with van der Waals surface area (Å²) in [4.78, 5) is 0. The quantitative estimate of drug-likeness (QED) is 0.492. The van der Waals surface area contributed by atoms with Gasteiger partial charge in [0.25, 0.3) is 0 Å². The summed E-state index contributed by atoms with van der Waals surface area (Å²) in [6, 6.07) is 0.0764. The first-order valence-electron chi connectivity index (χ1n) is 2.49. The van der Waals surface area contributed by atoms with Gasteiger partial charge in [0.05, 0.1) is 0 Å². The van der Waals surface area contributed by atoms with Crippen LogP contribution < -0.4 is 11.5 Å². The molecule has 0 saturated heterocycles. The highest BCUT2D eigenvalue weighted by atomic mass is 14.8. The average molecular weight is 102 g/mol. The van der Waals surface area contributed by atoms with E-state index in [2.05, 4.69) is 0 Å². The second-order valence-corrected chi connectivity index (χ2v) is 2.61. The molecule has 0 bridgehead atoms. The van der Waals surface area contributed by atoms with E-state index in [0.29, 0.717) is 0 Å². The van der Waals surface area contributed by atoms with E-state index in [1.54, 1.807) is 0 Å². The van der Waals surface area contributed by atoms with Crippen LogP contribution in [0.5, 0.6) is 0 Å². The lowest BCUT2D eigenvalue weighted by atomic mass is 9.99. The third kappa shape index (κ3) is 2.60. The van der Waals surface area contributed by atoms with E-state index in [9.17, 15) is 0 Å². The lowest BCUT2D eigenvalue weighted by Gasteiger charge is -2.22. The fourth-order valence-corrected chi connectivity index (χ4v) is 0. The molecule has 0 aliphatic rings. The Morgan fingerprint density at radius 2 is 1.57 bits per heavy atom.